The lowest BCUT2D eigenvalue weighted by atomic mass is 9.84. The number of hydrogen-bond acceptors (Lipinski definition) is 4. The van der Waals surface area contributed by atoms with E-state index in [4.69, 9.17) is 14.2 Å². The largest absolute Gasteiger partial charge is 0.494 e. The average molecular weight is 339 g/mol. The number of benzene rings is 2. The van der Waals surface area contributed by atoms with Crippen LogP contribution in [0.25, 0.3) is 0 Å². The van der Waals surface area contributed by atoms with Crippen molar-refractivity contribution in [2.75, 3.05) is 19.9 Å². The number of fused-ring (bicyclic) bond motifs is 2. The van der Waals surface area contributed by atoms with E-state index in [9.17, 15) is 0 Å². The zero-order chi connectivity index (χ0) is 17.4. The Bertz CT molecular complexity index is 785. The summed E-state index contributed by atoms with van der Waals surface area (Å²) in [6.45, 7) is 8.45. The average Bonchev–Trinajstić information content (AvgIpc) is 3.07. The molecule has 2 aromatic rings. The van der Waals surface area contributed by atoms with Crippen molar-refractivity contribution in [2.24, 2.45) is 0 Å². The molecule has 2 aliphatic rings. The number of nitrogens with one attached hydrogen (secondary N) is 1. The van der Waals surface area contributed by atoms with E-state index in [0.29, 0.717) is 19.3 Å². The molecule has 1 unspecified atom stereocenters. The molecule has 4 rings (SSSR count). The Morgan fingerprint density at radius 1 is 1.12 bits per heavy atom. The van der Waals surface area contributed by atoms with Crippen LogP contribution in [0.5, 0.6) is 17.2 Å². The maximum atomic E-state index is 5.71. The first kappa shape index (κ1) is 16.3. The van der Waals surface area contributed by atoms with E-state index in [1.165, 1.54) is 22.3 Å². The molecule has 4 nitrogen and oxygen atoms in total. The van der Waals surface area contributed by atoms with Crippen LogP contribution in [0, 0.1) is 0 Å². The Balaban J connectivity index is 1.79. The van der Waals surface area contributed by atoms with Gasteiger partial charge in [-0.15, -0.1) is 0 Å². The topological polar surface area (TPSA) is 39.7 Å². The van der Waals surface area contributed by atoms with Gasteiger partial charge in [0.05, 0.1) is 12.6 Å². The SMILES string of the molecule is CCOc1ccc(C2NCCc3cc4c(cc32)OCO4)c(C(C)C)c1. The Morgan fingerprint density at radius 2 is 1.92 bits per heavy atom. The maximum Gasteiger partial charge on any atom is 0.231 e. The summed E-state index contributed by atoms with van der Waals surface area (Å²) in [6, 6.07) is 10.9. The van der Waals surface area contributed by atoms with Crippen molar-refractivity contribution in [2.45, 2.75) is 39.2 Å². The summed E-state index contributed by atoms with van der Waals surface area (Å²) in [6.07, 6.45) is 1.01. The summed E-state index contributed by atoms with van der Waals surface area (Å²) in [7, 11) is 0. The highest BCUT2D eigenvalue weighted by molar-refractivity contribution is 5.54. The van der Waals surface area contributed by atoms with Crippen molar-refractivity contribution < 1.29 is 14.2 Å². The minimum atomic E-state index is 0.173. The van der Waals surface area contributed by atoms with Crippen LogP contribution in [-0.2, 0) is 6.42 Å². The van der Waals surface area contributed by atoms with Crippen molar-refractivity contribution in [3.05, 3.63) is 52.6 Å². The van der Waals surface area contributed by atoms with E-state index in [2.05, 4.69) is 49.5 Å². The predicted molar refractivity (Wildman–Crippen MR) is 97.8 cm³/mol. The highest BCUT2D eigenvalue weighted by Crippen LogP contribution is 2.41. The molecule has 1 N–H and O–H groups in total. The lowest BCUT2D eigenvalue weighted by molar-refractivity contribution is 0.174. The van der Waals surface area contributed by atoms with Crippen LogP contribution >= 0.6 is 0 Å². The van der Waals surface area contributed by atoms with Crippen LogP contribution in [0.1, 0.15) is 55.0 Å². The van der Waals surface area contributed by atoms with E-state index in [1.54, 1.807) is 0 Å². The molecule has 0 saturated carbocycles. The second-order valence-corrected chi connectivity index (χ2v) is 6.92. The molecule has 2 heterocycles. The fraction of sp³-hybridized carbons (Fsp3) is 0.429. The van der Waals surface area contributed by atoms with Gasteiger partial charge in [-0.2, -0.15) is 0 Å². The fourth-order valence-electron chi connectivity index (χ4n) is 3.80. The van der Waals surface area contributed by atoms with Crippen LogP contribution < -0.4 is 19.5 Å². The van der Waals surface area contributed by atoms with Gasteiger partial charge in [0.15, 0.2) is 11.5 Å². The monoisotopic (exact) mass is 339 g/mol. The number of ether oxygens (including phenoxy) is 3. The second kappa shape index (κ2) is 6.60. The summed E-state index contributed by atoms with van der Waals surface area (Å²) >= 11 is 0. The molecule has 0 aliphatic carbocycles. The van der Waals surface area contributed by atoms with Gasteiger partial charge in [-0.1, -0.05) is 19.9 Å². The first-order valence-corrected chi connectivity index (χ1v) is 9.09. The third kappa shape index (κ3) is 2.95. The smallest absolute Gasteiger partial charge is 0.231 e. The van der Waals surface area contributed by atoms with Crippen molar-refractivity contribution in [1.29, 1.82) is 0 Å². The van der Waals surface area contributed by atoms with Crippen LogP contribution in [0.2, 0.25) is 0 Å². The summed E-state index contributed by atoms with van der Waals surface area (Å²) in [5.74, 6) is 3.09. The highest BCUT2D eigenvalue weighted by Gasteiger charge is 2.27. The minimum absolute atomic E-state index is 0.173. The summed E-state index contributed by atoms with van der Waals surface area (Å²) in [5, 5.41) is 3.69. The van der Waals surface area contributed by atoms with E-state index in [-0.39, 0.29) is 6.04 Å². The van der Waals surface area contributed by atoms with Gasteiger partial charge in [0.1, 0.15) is 5.75 Å². The Hall–Kier alpha value is -2.20. The molecule has 132 valence electrons. The molecule has 0 aromatic heterocycles. The van der Waals surface area contributed by atoms with Crippen molar-refractivity contribution in [3.63, 3.8) is 0 Å². The van der Waals surface area contributed by atoms with Gasteiger partial charge in [0, 0.05) is 6.54 Å². The van der Waals surface area contributed by atoms with E-state index < -0.39 is 0 Å². The molecular weight excluding hydrogens is 314 g/mol. The van der Waals surface area contributed by atoms with Gasteiger partial charge in [0.25, 0.3) is 0 Å². The molecule has 0 saturated heterocycles. The zero-order valence-corrected chi connectivity index (χ0v) is 15.1. The minimum Gasteiger partial charge on any atom is -0.494 e. The standard InChI is InChI=1S/C21H25NO3/c1-4-23-15-5-6-16(17(10-15)13(2)3)21-18-11-20-19(24-12-25-20)9-14(18)7-8-22-21/h5-6,9-11,13,21-22H,4,7-8,12H2,1-3H3. The molecule has 0 amide bonds. The lowest BCUT2D eigenvalue weighted by Crippen LogP contribution is -2.31. The van der Waals surface area contributed by atoms with Crippen LogP contribution in [0.4, 0.5) is 0 Å². The maximum absolute atomic E-state index is 5.71. The molecule has 2 aliphatic heterocycles. The first-order chi connectivity index (χ1) is 12.2. The third-order valence-corrected chi connectivity index (χ3v) is 4.99. The molecule has 0 bridgehead atoms. The molecule has 0 radical (unpaired) electrons. The lowest BCUT2D eigenvalue weighted by Gasteiger charge is -2.30. The van der Waals surface area contributed by atoms with Gasteiger partial charge in [0.2, 0.25) is 6.79 Å². The Kier molecular flexibility index (Phi) is 4.30. The first-order valence-electron chi connectivity index (χ1n) is 9.09. The zero-order valence-electron chi connectivity index (χ0n) is 15.1. The molecule has 4 heteroatoms. The van der Waals surface area contributed by atoms with Gasteiger partial charge in [-0.05, 0) is 65.8 Å². The number of rotatable bonds is 4. The van der Waals surface area contributed by atoms with Gasteiger partial charge < -0.3 is 19.5 Å². The van der Waals surface area contributed by atoms with Crippen molar-refractivity contribution >= 4 is 0 Å². The van der Waals surface area contributed by atoms with Crippen LogP contribution in [0.3, 0.4) is 0 Å². The van der Waals surface area contributed by atoms with Crippen LogP contribution in [-0.4, -0.2) is 19.9 Å². The Morgan fingerprint density at radius 3 is 2.68 bits per heavy atom. The van der Waals surface area contributed by atoms with Gasteiger partial charge in [-0.3, -0.25) is 0 Å². The number of hydrogen-bond donors (Lipinski definition) is 1. The molecular formula is C21H25NO3. The normalized spacial score (nSPS) is 18.3. The summed E-state index contributed by atoms with van der Waals surface area (Å²) < 4.78 is 16.9. The summed E-state index contributed by atoms with van der Waals surface area (Å²) in [4.78, 5) is 0. The van der Waals surface area contributed by atoms with E-state index in [0.717, 1.165) is 30.2 Å². The molecule has 0 fully saturated rings. The second-order valence-electron chi connectivity index (χ2n) is 6.92. The van der Waals surface area contributed by atoms with E-state index >= 15 is 0 Å². The van der Waals surface area contributed by atoms with Gasteiger partial charge in [-0.25, -0.2) is 0 Å². The van der Waals surface area contributed by atoms with Gasteiger partial charge >= 0.3 is 0 Å². The fourth-order valence-corrected chi connectivity index (χ4v) is 3.80. The molecule has 0 spiro atoms. The Labute approximate surface area is 149 Å². The third-order valence-electron chi connectivity index (χ3n) is 4.99. The molecule has 2 aromatic carbocycles. The quantitative estimate of drug-likeness (QED) is 0.907. The van der Waals surface area contributed by atoms with Crippen molar-refractivity contribution in [3.8, 4) is 17.2 Å². The highest BCUT2D eigenvalue weighted by atomic mass is 16.7. The molecule has 1 atom stereocenters. The summed E-state index contributed by atoms with van der Waals surface area (Å²) in [5.41, 5.74) is 5.28. The van der Waals surface area contributed by atoms with E-state index in [1.807, 2.05) is 6.92 Å². The van der Waals surface area contributed by atoms with Crippen molar-refractivity contribution in [1.82, 2.24) is 5.32 Å². The molecule has 25 heavy (non-hydrogen) atoms. The van der Waals surface area contributed by atoms with Crippen LogP contribution in [0.15, 0.2) is 30.3 Å². The predicted octanol–water partition coefficient (Wildman–Crippen LogP) is 4.17.